The number of hydrogen-bond donors (Lipinski definition) is 1. The second-order valence-corrected chi connectivity index (χ2v) is 5.97. The third kappa shape index (κ3) is 4.46. The van der Waals surface area contributed by atoms with E-state index in [4.69, 9.17) is 4.98 Å². The number of nitrogens with zero attached hydrogens (tertiary/aromatic N) is 3. The van der Waals surface area contributed by atoms with Crippen LogP contribution in [0.5, 0.6) is 0 Å². The first-order valence-corrected chi connectivity index (χ1v) is 7.42. The summed E-state index contributed by atoms with van der Waals surface area (Å²) in [5.41, 5.74) is 1.98. The summed E-state index contributed by atoms with van der Waals surface area (Å²) in [4.78, 5) is 9.26. The van der Waals surface area contributed by atoms with E-state index in [1.165, 1.54) is 0 Å². The van der Waals surface area contributed by atoms with E-state index in [0.29, 0.717) is 12.0 Å². The Labute approximate surface area is 123 Å². The lowest BCUT2D eigenvalue weighted by Crippen LogP contribution is -2.40. The van der Waals surface area contributed by atoms with Crippen LogP contribution in [0.15, 0.2) is 12.1 Å². The maximum atomic E-state index is 9.45. The van der Waals surface area contributed by atoms with Crippen molar-refractivity contribution in [3.05, 3.63) is 23.4 Å². The Balaban J connectivity index is 3.10. The Morgan fingerprint density at radius 3 is 2.30 bits per heavy atom. The Bertz CT molecular complexity index is 418. The molecule has 1 heterocycles. The van der Waals surface area contributed by atoms with E-state index >= 15 is 0 Å². The van der Waals surface area contributed by atoms with E-state index in [1.54, 1.807) is 0 Å². The average Bonchev–Trinajstić information content (AvgIpc) is 2.38. The number of pyridine rings is 1. The topological polar surface area (TPSA) is 39.6 Å². The summed E-state index contributed by atoms with van der Waals surface area (Å²) >= 11 is 0. The standard InChI is InChI=1S/C16H29N3O/c1-7-19(13(4)10-18(5)6)16-9-14(11-20)8-15(17-16)12(2)3/h8-9,12-13,20H,7,10-11H2,1-6H3. The van der Waals surface area contributed by atoms with Gasteiger partial charge in [0, 0.05) is 24.8 Å². The first kappa shape index (κ1) is 16.9. The van der Waals surface area contributed by atoms with Crippen LogP contribution in [0.1, 0.15) is 44.9 Å². The highest BCUT2D eigenvalue weighted by Gasteiger charge is 2.17. The number of aromatic nitrogens is 1. The molecule has 0 bridgehead atoms. The lowest BCUT2D eigenvalue weighted by Gasteiger charge is -2.31. The van der Waals surface area contributed by atoms with Gasteiger partial charge in [0.05, 0.1) is 6.61 Å². The van der Waals surface area contributed by atoms with Crippen molar-refractivity contribution in [3.63, 3.8) is 0 Å². The fraction of sp³-hybridized carbons (Fsp3) is 0.688. The second kappa shape index (κ2) is 7.60. The Morgan fingerprint density at radius 2 is 1.85 bits per heavy atom. The molecular weight excluding hydrogens is 250 g/mol. The predicted octanol–water partition coefficient (Wildman–Crippen LogP) is 2.47. The van der Waals surface area contributed by atoms with Gasteiger partial charge in [-0.25, -0.2) is 4.98 Å². The van der Waals surface area contributed by atoms with E-state index < -0.39 is 0 Å². The van der Waals surface area contributed by atoms with Crippen LogP contribution in [0.3, 0.4) is 0 Å². The number of likely N-dealkylation sites (N-methyl/N-ethyl adjacent to an activating group) is 2. The first-order chi connectivity index (χ1) is 9.38. The molecule has 1 aromatic rings. The summed E-state index contributed by atoms with van der Waals surface area (Å²) in [6, 6.07) is 4.39. The van der Waals surface area contributed by atoms with Crippen LogP contribution in [-0.4, -0.2) is 48.2 Å². The van der Waals surface area contributed by atoms with Crippen molar-refractivity contribution >= 4 is 5.82 Å². The van der Waals surface area contributed by atoms with Crippen molar-refractivity contribution in [2.24, 2.45) is 0 Å². The summed E-state index contributed by atoms with van der Waals surface area (Å²) in [6.45, 7) is 10.6. The van der Waals surface area contributed by atoms with Gasteiger partial charge in [-0.05, 0) is 51.6 Å². The third-order valence-electron chi connectivity index (χ3n) is 3.46. The molecule has 1 aromatic heterocycles. The fourth-order valence-corrected chi connectivity index (χ4v) is 2.45. The average molecular weight is 279 g/mol. The molecule has 0 saturated heterocycles. The zero-order chi connectivity index (χ0) is 15.3. The highest BCUT2D eigenvalue weighted by atomic mass is 16.3. The van der Waals surface area contributed by atoms with Gasteiger partial charge in [0.25, 0.3) is 0 Å². The second-order valence-electron chi connectivity index (χ2n) is 5.97. The van der Waals surface area contributed by atoms with Crippen LogP contribution in [0, 0.1) is 0 Å². The van der Waals surface area contributed by atoms with E-state index in [-0.39, 0.29) is 6.61 Å². The van der Waals surface area contributed by atoms with Crippen molar-refractivity contribution in [3.8, 4) is 0 Å². The highest BCUT2D eigenvalue weighted by Crippen LogP contribution is 2.22. The summed E-state index contributed by atoms with van der Waals surface area (Å²) in [5, 5.41) is 9.45. The first-order valence-electron chi connectivity index (χ1n) is 7.42. The largest absolute Gasteiger partial charge is 0.392 e. The molecule has 0 aliphatic rings. The molecule has 0 fully saturated rings. The van der Waals surface area contributed by atoms with Crippen LogP contribution in [0.25, 0.3) is 0 Å². The zero-order valence-corrected chi connectivity index (χ0v) is 13.7. The zero-order valence-electron chi connectivity index (χ0n) is 13.7. The molecule has 1 unspecified atom stereocenters. The van der Waals surface area contributed by atoms with E-state index in [9.17, 15) is 5.11 Å². The molecule has 4 heteroatoms. The summed E-state index contributed by atoms with van der Waals surface area (Å²) < 4.78 is 0. The Hall–Kier alpha value is -1.13. The van der Waals surface area contributed by atoms with Crippen LogP contribution in [-0.2, 0) is 6.61 Å². The summed E-state index contributed by atoms with van der Waals surface area (Å²) in [6.07, 6.45) is 0. The van der Waals surface area contributed by atoms with Gasteiger partial charge in [0.1, 0.15) is 5.82 Å². The van der Waals surface area contributed by atoms with Crippen molar-refractivity contribution < 1.29 is 5.11 Å². The van der Waals surface area contributed by atoms with Gasteiger partial charge in [-0.2, -0.15) is 0 Å². The molecule has 0 radical (unpaired) electrons. The molecular formula is C16H29N3O. The molecule has 0 spiro atoms. The number of anilines is 1. The number of aliphatic hydroxyl groups excluding tert-OH is 1. The summed E-state index contributed by atoms with van der Waals surface area (Å²) in [5.74, 6) is 1.33. The van der Waals surface area contributed by atoms with Gasteiger partial charge in [-0.1, -0.05) is 13.8 Å². The molecule has 0 aliphatic carbocycles. The van der Waals surface area contributed by atoms with Gasteiger partial charge in [0.2, 0.25) is 0 Å². The molecule has 1 N–H and O–H groups in total. The number of hydrogen-bond acceptors (Lipinski definition) is 4. The van der Waals surface area contributed by atoms with Gasteiger partial charge in [-0.15, -0.1) is 0 Å². The molecule has 0 saturated carbocycles. The van der Waals surface area contributed by atoms with Crippen LogP contribution in [0.2, 0.25) is 0 Å². The highest BCUT2D eigenvalue weighted by molar-refractivity contribution is 5.44. The number of rotatable bonds is 7. The van der Waals surface area contributed by atoms with Gasteiger partial charge in [0.15, 0.2) is 0 Å². The predicted molar refractivity (Wildman–Crippen MR) is 85.3 cm³/mol. The molecule has 0 aliphatic heterocycles. The van der Waals surface area contributed by atoms with Gasteiger partial charge >= 0.3 is 0 Å². The SMILES string of the molecule is CCN(c1cc(CO)cc(C(C)C)n1)C(C)CN(C)C. The molecule has 4 nitrogen and oxygen atoms in total. The van der Waals surface area contributed by atoms with Crippen molar-refractivity contribution in [2.45, 2.75) is 46.3 Å². The van der Waals surface area contributed by atoms with Crippen LogP contribution >= 0.6 is 0 Å². The van der Waals surface area contributed by atoms with Crippen molar-refractivity contribution in [1.82, 2.24) is 9.88 Å². The maximum absolute atomic E-state index is 9.45. The van der Waals surface area contributed by atoms with E-state index in [2.05, 4.69) is 51.6 Å². The monoisotopic (exact) mass is 279 g/mol. The van der Waals surface area contributed by atoms with E-state index in [1.807, 2.05) is 12.1 Å². The third-order valence-corrected chi connectivity index (χ3v) is 3.46. The minimum atomic E-state index is 0.0643. The lowest BCUT2D eigenvalue weighted by molar-refractivity contribution is 0.281. The minimum absolute atomic E-state index is 0.0643. The fourth-order valence-electron chi connectivity index (χ4n) is 2.45. The Kier molecular flexibility index (Phi) is 6.43. The van der Waals surface area contributed by atoms with Crippen molar-refractivity contribution in [2.75, 3.05) is 32.1 Å². The molecule has 1 atom stereocenters. The van der Waals surface area contributed by atoms with Crippen molar-refractivity contribution in [1.29, 1.82) is 0 Å². The van der Waals surface area contributed by atoms with E-state index in [0.717, 1.165) is 30.2 Å². The number of aliphatic hydroxyl groups is 1. The minimum Gasteiger partial charge on any atom is -0.392 e. The molecule has 20 heavy (non-hydrogen) atoms. The maximum Gasteiger partial charge on any atom is 0.129 e. The van der Waals surface area contributed by atoms with Crippen LogP contribution < -0.4 is 4.90 Å². The molecule has 1 rings (SSSR count). The van der Waals surface area contributed by atoms with Crippen LogP contribution in [0.4, 0.5) is 5.82 Å². The lowest BCUT2D eigenvalue weighted by atomic mass is 10.1. The van der Waals surface area contributed by atoms with Gasteiger partial charge < -0.3 is 14.9 Å². The quantitative estimate of drug-likeness (QED) is 0.832. The molecule has 0 amide bonds. The molecule has 114 valence electrons. The smallest absolute Gasteiger partial charge is 0.129 e. The normalized spacial score (nSPS) is 13.1. The Morgan fingerprint density at radius 1 is 1.20 bits per heavy atom. The van der Waals surface area contributed by atoms with Gasteiger partial charge in [-0.3, -0.25) is 0 Å². The molecule has 0 aromatic carbocycles. The summed E-state index contributed by atoms with van der Waals surface area (Å²) in [7, 11) is 4.17.